The van der Waals surface area contributed by atoms with Gasteiger partial charge in [-0.2, -0.15) is 0 Å². The van der Waals surface area contributed by atoms with Crippen molar-refractivity contribution in [3.8, 4) is 11.3 Å². The average Bonchev–Trinajstić information content (AvgIpc) is 3.21. The normalized spacial score (nSPS) is 12.8. The fraction of sp³-hybridized carbons (Fsp3) is 0.348. The molecule has 0 saturated heterocycles. The maximum atomic E-state index is 12.7. The number of amides is 2. The second-order valence-corrected chi connectivity index (χ2v) is 7.64. The van der Waals surface area contributed by atoms with Crippen LogP contribution in [0, 0.1) is 11.8 Å². The van der Waals surface area contributed by atoms with Crippen molar-refractivity contribution < 1.29 is 19.1 Å². The van der Waals surface area contributed by atoms with Crippen LogP contribution in [0.15, 0.2) is 36.8 Å². The van der Waals surface area contributed by atoms with Gasteiger partial charge in [-0.15, -0.1) is 0 Å². The summed E-state index contributed by atoms with van der Waals surface area (Å²) in [6, 6.07) is 7.24. The number of H-pyrrole nitrogens is 1. The van der Waals surface area contributed by atoms with Gasteiger partial charge in [0.25, 0.3) is 0 Å². The molecule has 0 spiro atoms. The first-order chi connectivity index (χ1) is 15.3. The highest BCUT2D eigenvalue weighted by atomic mass is 16.5. The molecule has 1 aromatic carbocycles. The number of fused-ring (bicyclic) bond motifs is 1. The van der Waals surface area contributed by atoms with E-state index < -0.39 is 5.97 Å². The van der Waals surface area contributed by atoms with Crippen molar-refractivity contribution in [3.05, 3.63) is 42.4 Å². The second kappa shape index (κ2) is 10.0. The van der Waals surface area contributed by atoms with Crippen LogP contribution in [0.25, 0.3) is 22.3 Å². The van der Waals surface area contributed by atoms with Crippen LogP contribution in [0.2, 0.25) is 0 Å². The van der Waals surface area contributed by atoms with Gasteiger partial charge in [-0.05, 0) is 25.0 Å². The van der Waals surface area contributed by atoms with Crippen molar-refractivity contribution in [1.82, 2.24) is 20.3 Å². The molecule has 0 radical (unpaired) electrons. The van der Waals surface area contributed by atoms with E-state index in [0.29, 0.717) is 34.5 Å². The number of nitrogens with zero attached hydrogens (tertiary/aromatic N) is 2. The summed E-state index contributed by atoms with van der Waals surface area (Å²) < 4.78 is 5.15. The summed E-state index contributed by atoms with van der Waals surface area (Å²) >= 11 is 0. The molecular weight excluding hydrogens is 410 g/mol. The summed E-state index contributed by atoms with van der Waals surface area (Å²) in [5.41, 5.74) is 2.76. The minimum absolute atomic E-state index is 0.0319. The van der Waals surface area contributed by atoms with E-state index in [1.54, 1.807) is 31.3 Å². The zero-order valence-electron chi connectivity index (χ0n) is 18.6. The van der Waals surface area contributed by atoms with Gasteiger partial charge in [0.2, 0.25) is 11.8 Å². The first-order valence-electron chi connectivity index (χ1n) is 10.5. The number of aromatic amines is 1. The molecule has 0 saturated carbocycles. The van der Waals surface area contributed by atoms with E-state index in [1.807, 2.05) is 19.9 Å². The molecule has 2 atom stereocenters. The number of anilines is 1. The van der Waals surface area contributed by atoms with Gasteiger partial charge in [0, 0.05) is 36.8 Å². The molecule has 9 nitrogen and oxygen atoms in total. The van der Waals surface area contributed by atoms with Gasteiger partial charge in [-0.3, -0.25) is 9.59 Å². The molecule has 3 N–H and O–H groups in total. The van der Waals surface area contributed by atoms with Gasteiger partial charge < -0.3 is 20.4 Å². The molecular formula is C23H27N5O4. The second-order valence-electron chi connectivity index (χ2n) is 7.64. The van der Waals surface area contributed by atoms with Crippen LogP contribution in [0.4, 0.5) is 5.69 Å². The third-order valence-electron chi connectivity index (χ3n) is 5.31. The van der Waals surface area contributed by atoms with E-state index in [0.717, 1.165) is 5.56 Å². The highest BCUT2D eigenvalue weighted by Gasteiger charge is 2.22. The first kappa shape index (κ1) is 22.9. The van der Waals surface area contributed by atoms with E-state index in [2.05, 4.69) is 25.6 Å². The molecule has 3 rings (SSSR count). The Morgan fingerprint density at radius 3 is 2.69 bits per heavy atom. The smallest absolute Gasteiger partial charge is 0.340 e. The summed E-state index contributed by atoms with van der Waals surface area (Å²) in [5, 5.41) is 6.23. The number of esters is 1. The number of hydrogen-bond acceptors (Lipinski definition) is 6. The molecule has 0 aliphatic heterocycles. The maximum Gasteiger partial charge on any atom is 0.340 e. The lowest BCUT2D eigenvalue weighted by Gasteiger charge is -2.19. The lowest BCUT2D eigenvalue weighted by atomic mass is 9.95. The largest absolute Gasteiger partial charge is 0.462 e. The Balaban J connectivity index is 1.86. The van der Waals surface area contributed by atoms with E-state index >= 15 is 0 Å². The van der Waals surface area contributed by atoms with Crippen molar-refractivity contribution in [3.63, 3.8) is 0 Å². The number of nitrogens with one attached hydrogen (secondary N) is 3. The molecule has 2 amide bonds. The predicted octanol–water partition coefficient (Wildman–Crippen LogP) is 3.15. The monoisotopic (exact) mass is 437 g/mol. The molecule has 0 aliphatic rings. The molecule has 2 aromatic heterocycles. The Kier molecular flexibility index (Phi) is 7.19. The summed E-state index contributed by atoms with van der Waals surface area (Å²) in [6.07, 6.45) is 2.98. The quantitative estimate of drug-likeness (QED) is 0.465. The van der Waals surface area contributed by atoms with E-state index in [9.17, 15) is 14.4 Å². The highest BCUT2D eigenvalue weighted by molar-refractivity contribution is 6.08. The zero-order chi connectivity index (χ0) is 23.3. The fourth-order valence-electron chi connectivity index (χ4n) is 3.29. The predicted molar refractivity (Wildman–Crippen MR) is 121 cm³/mol. The number of benzene rings is 1. The molecule has 0 aliphatic carbocycles. The molecule has 0 bridgehead atoms. The summed E-state index contributed by atoms with van der Waals surface area (Å²) in [4.78, 5) is 47.8. The number of carbonyl (C=O) groups excluding carboxylic acids is 3. The van der Waals surface area contributed by atoms with Crippen LogP contribution >= 0.6 is 0 Å². The fourth-order valence-corrected chi connectivity index (χ4v) is 3.29. The van der Waals surface area contributed by atoms with Crippen molar-refractivity contribution in [2.45, 2.75) is 27.7 Å². The molecule has 0 fully saturated rings. The number of ether oxygens (including phenoxy) is 1. The van der Waals surface area contributed by atoms with Gasteiger partial charge in [0.15, 0.2) is 0 Å². The summed E-state index contributed by atoms with van der Waals surface area (Å²) in [5.74, 6) is -1.07. The van der Waals surface area contributed by atoms with Crippen LogP contribution in [-0.2, 0) is 14.3 Å². The third kappa shape index (κ3) is 5.11. The Bertz CT molecular complexity index is 1140. The van der Waals surface area contributed by atoms with Crippen molar-refractivity contribution in [1.29, 1.82) is 0 Å². The molecule has 3 aromatic rings. The highest BCUT2D eigenvalue weighted by Crippen LogP contribution is 2.30. The number of rotatable bonds is 8. The maximum absolute atomic E-state index is 12.7. The van der Waals surface area contributed by atoms with Gasteiger partial charge in [0.1, 0.15) is 12.0 Å². The average molecular weight is 438 g/mol. The van der Waals surface area contributed by atoms with E-state index in [-0.39, 0.29) is 30.3 Å². The summed E-state index contributed by atoms with van der Waals surface area (Å²) in [6.45, 7) is 7.61. The molecule has 32 heavy (non-hydrogen) atoms. The van der Waals surface area contributed by atoms with Crippen molar-refractivity contribution in [2.24, 2.45) is 11.8 Å². The van der Waals surface area contributed by atoms with Crippen LogP contribution < -0.4 is 10.6 Å². The number of hydrogen-bond donors (Lipinski definition) is 3. The number of carbonyl (C=O) groups is 3. The zero-order valence-corrected chi connectivity index (χ0v) is 18.6. The topological polar surface area (TPSA) is 126 Å². The molecule has 2 unspecified atom stereocenters. The minimum atomic E-state index is -0.457. The SMILES string of the molecule is CCOC(=O)c1c[nH]c2ncnc(-c3cccc(NC(=O)C(C)C(C)CNC(C)=O)c3)c12. The Morgan fingerprint density at radius 2 is 1.97 bits per heavy atom. The summed E-state index contributed by atoms with van der Waals surface area (Å²) in [7, 11) is 0. The molecule has 168 valence electrons. The lowest BCUT2D eigenvalue weighted by Crippen LogP contribution is -2.34. The third-order valence-corrected chi connectivity index (χ3v) is 5.31. The standard InChI is InChI=1S/C23H27N5O4/c1-5-32-23(31)18-11-25-21-19(18)20(26-12-27-21)16-7-6-8-17(9-16)28-22(30)14(3)13(2)10-24-15(4)29/h6-9,11-14H,5,10H2,1-4H3,(H,24,29)(H,28,30)(H,25,26,27). The van der Waals surface area contributed by atoms with Crippen LogP contribution in [0.3, 0.4) is 0 Å². The Morgan fingerprint density at radius 1 is 1.19 bits per heavy atom. The molecule has 9 heteroatoms. The van der Waals surface area contributed by atoms with Crippen LogP contribution in [-0.4, -0.2) is 45.9 Å². The van der Waals surface area contributed by atoms with Gasteiger partial charge in [-0.25, -0.2) is 14.8 Å². The van der Waals surface area contributed by atoms with Crippen LogP contribution in [0.1, 0.15) is 38.1 Å². The van der Waals surface area contributed by atoms with Crippen molar-refractivity contribution in [2.75, 3.05) is 18.5 Å². The van der Waals surface area contributed by atoms with Gasteiger partial charge >= 0.3 is 5.97 Å². The molecule has 2 heterocycles. The van der Waals surface area contributed by atoms with Gasteiger partial charge in [-0.1, -0.05) is 26.0 Å². The Labute approximate surface area is 186 Å². The van der Waals surface area contributed by atoms with Crippen LogP contribution in [0.5, 0.6) is 0 Å². The van der Waals surface area contributed by atoms with Crippen molar-refractivity contribution >= 4 is 34.5 Å². The number of aromatic nitrogens is 3. The minimum Gasteiger partial charge on any atom is -0.462 e. The lowest BCUT2D eigenvalue weighted by molar-refractivity contribution is -0.122. The van der Waals surface area contributed by atoms with E-state index in [1.165, 1.54) is 13.3 Å². The van der Waals surface area contributed by atoms with Gasteiger partial charge in [0.05, 0.1) is 23.3 Å². The first-order valence-corrected chi connectivity index (χ1v) is 10.5. The van der Waals surface area contributed by atoms with E-state index in [4.69, 9.17) is 4.74 Å². The Hall–Kier alpha value is -3.75.